The number of carbonyl (C=O) groups excluding carboxylic acids is 1. The third-order valence-electron chi connectivity index (χ3n) is 4.89. The van der Waals surface area contributed by atoms with Crippen LogP contribution in [0, 0.1) is 6.92 Å². The van der Waals surface area contributed by atoms with Gasteiger partial charge in [-0.1, -0.05) is 18.2 Å². The van der Waals surface area contributed by atoms with Crippen LogP contribution in [-0.4, -0.2) is 63.0 Å². The Hall–Kier alpha value is -1.87. The first kappa shape index (κ1) is 20.9. The van der Waals surface area contributed by atoms with E-state index in [-0.39, 0.29) is 10.8 Å². The molecule has 6 nitrogen and oxygen atoms in total. The number of piperazine rings is 1. The van der Waals surface area contributed by atoms with E-state index in [0.717, 1.165) is 4.90 Å². The second-order valence-corrected chi connectivity index (χ2v) is 9.60. The third-order valence-corrected chi connectivity index (χ3v) is 7.72. The molecule has 0 saturated carbocycles. The molecule has 0 aliphatic carbocycles. The molecule has 0 atom stereocenters. The van der Waals surface area contributed by atoms with Gasteiger partial charge in [0, 0.05) is 36.6 Å². The summed E-state index contributed by atoms with van der Waals surface area (Å²) in [4.78, 5) is 16.0. The van der Waals surface area contributed by atoms with Crippen LogP contribution in [0.3, 0.4) is 0 Å². The Bertz CT molecular complexity index is 968. The van der Waals surface area contributed by atoms with Crippen molar-refractivity contribution in [1.29, 1.82) is 0 Å². The van der Waals surface area contributed by atoms with Crippen molar-refractivity contribution in [3.8, 4) is 0 Å². The second-order valence-electron chi connectivity index (χ2n) is 6.84. The molecule has 1 heterocycles. The number of thioether (sulfide) groups is 1. The van der Waals surface area contributed by atoms with Crippen LogP contribution in [0.2, 0.25) is 0 Å². The van der Waals surface area contributed by atoms with Gasteiger partial charge in [-0.3, -0.25) is 4.79 Å². The summed E-state index contributed by atoms with van der Waals surface area (Å²) in [5, 5.41) is 2.89. The zero-order valence-electron chi connectivity index (χ0n) is 16.3. The molecule has 2 aromatic rings. The van der Waals surface area contributed by atoms with Crippen molar-refractivity contribution in [3.63, 3.8) is 0 Å². The highest BCUT2D eigenvalue weighted by atomic mass is 32.2. The van der Waals surface area contributed by atoms with Crippen LogP contribution in [0.4, 0.5) is 5.69 Å². The zero-order valence-corrected chi connectivity index (χ0v) is 17.9. The molecular weight excluding hydrogens is 394 g/mol. The summed E-state index contributed by atoms with van der Waals surface area (Å²) in [6.07, 6.45) is 1.94. The number of nitrogens with zero attached hydrogens (tertiary/aromatic N) is 2. The summed E-state index contributed by atoms with van der Waals surface area (Å²) < 4.78 is 27.7. The van der Waals surface area contributed by atoms with Crippen LogP contribution in [0.5, 0.6) is 0 Å². The summed E-state index contributed by atoms with van der Waals surface area (Å²) in [5.74, 6) is -0.323. The van der Waals surface area contributed by atoms with Gasteiger partial charge in [-0.05, 0) is 50.1 Å². The van der Waals surface area contributed by atoms with Gasteiger partial charge in [-0.2, -0.15) is 4.31 Å². The summed E-state index contributed by atoms with van der Waals surface area (Å²) in [7, 11) is -1.66. The molecule has 2 aromatic carbocycles. The maximum atomic E-state index is 13.1. The van der Waals surface area contributed by atoms with Gasteiger partial charge in [0.25, 0.3) is 5.91 Å². The molecule has 28 heavy (non-hydrogen) atoms. The average Bonchev–Trinajstić information content (AvgIpc) is 2.69. The molecule has 8 heteroatoms. The van der Waals surface area contributed by atoms with Gasteiger partial charge in [-0.15, -0.1) is 11.8 Å². The molecule has 1 amide bonds. The van der Waals surface area contributed by atoms with Crippen LogP contribution >= 0.6 is 11.8 Å². The highest BCUT2D eigenvalue weighted by molar-refractivity contribution is 7.98. The number of aryl methyl sites for hydroxylation is 1. The highest BCUT2D eigenvalue weighted by Crippen LogP contribution is 2.26. The standard InChI is InChI=1S/C20H25N3O3S2/c1-15-8-9-16(20(24)21-17-6-4-5-7-18(17)27-3)14-19(15)28(25,26)23-12-10-22(2)11-13-23/h4-9,14H,10-13H2,1-3H3,(H,21,24). The minimum absolute atomic E-state index is 0.197. The first-order valence-electron chi connectivity index (χ1n) is 9.06. The summed E-state index contributed by atoms with van der Waals surface area (Å²) in [5.41, 5.74) is 1.68. The van der Waals surface area contributed by atoms with Gasteiger partial charge >= 0.3 is 0 Å². The Morgan fingerprint density at radius 3 is 2.43 bits per heavy atom. The van der Waals surface area contributed by atoms with Crippen molar-refractivity contribution >= 4 is 33.4 Å². The van der Waals surface area contributed by atoms with E-state index >= 15 is 0 Å². The SMILES string of the molecule is CSc1ccccc1NC(=O)c1ccc(C)c(S(=O)(=O)N2CCN(C)CC2)c1. The topological polar surface area (TPSA) is 69.7 Å². The van der Waals surface area contributed by atoms with Crippen LogP contribution in [-0.2, 0) is 10.0 Å². The molecular formula is C20H25N3O3S2. The van der Waals surface area contributed by atoms with E-state index in [1.165, 1.54) is 10.4 Å². The number of rotatable bonds is 5. The number of nitrogens with one attached hydrogen (secondary N) is 1. The molecule has 0 spiro atoms. The van der Waals surface area contributed by atoms with E-state index in [1.807, 2.05) is 37.6 Å². The van der Waals surface area contributed by atoms with Gasteiger partial charge in [-0.25, -0.2) is 8.42 Å². The van der Waals surface area contributed by atoms with E-state index < -0.39 is 10.0 Å². The molecule has 0 radical (unpaired) electrons. The molecule has 1 aliphatic rings. The van der Waals surface area contributed by atoms with Crippen molar-refractivity contribution < 1.29 is 13.2 Å². The number of sulfonamides is 1. The van der Waals surface area contributed by atoms with Crippen molar-refractivity contribution in [2.75, 3.05) is 44.8 Å². The lowest BCUT2D eigenvalue weighted by Crippen LogP contribution is -2.47. The Labute approximate surface area is 171 Å². The summed E-state index contributed by atoms with van der Waals surface area (Å²) in [6.45, 7) is 4.06. The van der Waals surface area contributed by atoms with Gasteiger partial charge in [0.15, 0.2) is 0 Å². The molecule has 0 bridgehead atoms. The van der Waals surface area contributed by atoms with Crippen molar-refractivity contribution in [2.24, 2.45) is 0 Å². The summed E-state index contributed by atoms with van der Waals surface area (Å²) >= 11 is 1.54. The van der Waals surface area contributed by atoms with Crippen molar-refractivity contribution in [3.05, 3.63) is 53.6 Å². The Balaban J connectivity index is 1.87. The number of para-hydroxylation sites is 1. The van der Waals surface area contributed by atoms with Crippen molar-refractivity contribution in [1.82, 2.24) is 9.21 Å². The predicted octanol–water partition coefficient (Wildman–Crippen LogP) is 2.91. The largest absolute Gasteiger partial charge is 0.321 e. The number of amides is 1. The summed E-state index contributed by atoms with van der Waals surface area (Å²) in [6, 6.07) is 12.4. The molecule has 0 unspecified atom stereocenters. The van der Waals surface area contributed by atoms with E-state index in [9.17, 15) is 13.2 Å². The monoisotopic (exact) mass is 419 g/mol. The molecule has 0 aromatic heterocycles. The molecule has 150 valence electrons. The number of likely N-dealkylation sites (N-methyl/N-ethyl adjacent to an activating group) is 1. The van der Waals surface area contributed by atoms with Gasteiger partial charge in [0.05, 0.1) is 10.6 Å². The lowest BCUT2D eigenvalue weighted by Gasteiger charge is -2.32. The van der Waals surface area contributed by atoms with E-state index in [4.69, 9.17) is 0 Å². The third kappa shape index (κ3) is 4.41. The highest BCUT2D eigenvalue weighted by Gasteiger charge is 2.29. The zero-order chi connectivity index (χ0) is 20.3. The second kappa shape index (κ2) is 8.65. The molecule has 1 fully saturated rings. The number of benzene rings is 2. The number of hydrogen-bond donors (Lipinski definition) is 1. The number of hydrogen-bond acceptors (Lipinski definition) is 5. The number of anilines is 1. The normalized spacial score (nSPS) is 16.1. The maximum Gasteiger partial charge on any atom is 0.255 e. The van der Waals surface area contributed by atoms with Crippen LogP contribution < -0.4 is 5.32 Å². The minimum Gasteiger partial charge on any atom is -0.321 e. The minimum atomic E-state index is -3.64. The predicted molar refractivity (Wildman–Crippen MR) is 114 cm³/mol. The van der Waals surface area contributed by atoms with Gasteiger partial charge < -0.3 is 10.2 Å². The quantitative estimate of drug-likeness (QED) is 0.755. The van der Waals surface area contributed by atoms with E-state index in [0.29, 0.717) is 43.0 Å². The number of carbonyl (C=O) groups is 1. The van der Waals surface area contributed by atoms with Crippen LogP contribution in [0.15, 0.2) is 52.3 Å². The van der Waals surface area contributed by atoms with Crippen LogP contribution in [0.25, 0.3) is 0 Å². The van der Waals surface area contributed by atoms with Gasteiger partial charge in [0.2, 0.25) is 10.0 Å². The molecule has 1 N–H and O–H groups in total. The first-order valence-corrected chi connectivity index (χ1v) is 11.7. The maximum absolute atomic E-state index is 13.1. The lowest BCUT2D eigenvalue weighted by atomic mass is 10.1. The Morgan fingerprint density at radius 1 is 1.07 bits per heavy atom. The average molecular weight is 420 g/mol. The lowest BCUT2D eigenvalue weighted by molar-refractivity contribution is 0.102. The fraction of sp³-hybridized carbons (Fsp3) is 0.350. The smallest absolute Gasteiger partial charge is 0.255 e. The first-order chi connectivity index (χ1) is 13.3. The molecule has 3 rings (SSSR count). The van der Waals surface area contributed by atoms with Crippen molar-refractivity contribution in [2.45, 2.75) is 16.7 Å². The fourth-order valence-electron chi connectivity index (χ4n) is 3.13. The Morgan fingerprint density at radius 2 is 1.75 bits per heavy atom. The van der Waals surface area contributed by atoms with Gasteiger partial charge in [0.1, 0.15) is 0 Å². The fourth-order valence-corrected chi connectivity index (χ4v) is 5.36. The van der Waals surface area contributed by atoms with Crippen LogP contribution in [0.1, 0.15) is 15.9 Å². The van der Waals surface area contributed by atoms with E-state index in [2.05, 4.69) is 10.2 Å². The Kier molecular flexibility index (Phi) is 6.44. The van der Waals surface area contributed by atoms with E-state index in [1.54, 1.807) is 30.8 Å². The molecule has 1 aliphatic heterocycles. The molecule has 1 saturated heterocycles.